The van der Waals surface area contributed by atoms with Gasteiger partial charge in [-0.15, -0.1) is 6.42 Å². The monoisotopic (exact) mass is 269 g/mol. The molecule has 0 amide bonds. The van der Waals surface area contributed by atoms with Crippen molar-refractivity contribution in [3.05, 3.63) is 33.8 Å². The standard InChI is InChI=1S/C14H17Cl2N/c1-3-9-17(2)10-5-4-6-12-7-8-13(15)11-14(12)16/h1,7-8,11H,4-6,9-10H2,2H3. The smallest absolute Gasteiger partial charge is 0.0596 e. The summed E-state index contributed by atoms with van der Waals surface area (Å²) >= 11 is 11.9. The van der Waals surface area contributed by atoms with Gasteiger partial charge in [0.15, 0.2) is 0 Å². The molecule has 0 N–H and O–H groups in total. The van der Waals surface area contributed by atoms with Crippen LogP contribution in [0.3, 0.4) is 0 Å². The van der Waals surface area contributed by atoms with E-state index in [0.29, 0.717) is 11.6 Å². The molecule has 92 valence electrons. The largest absolute Gasteiger partial charge is 0.295 e. The van der Waals surface area contributed by atoms with Crippen LogP contribution in [0.1, 0.15) is 18.4 Å². The van der Waals surface area contributed by atoms with Crippen LogP contribution in [0.5, 0.6) is 0 Å². The second-order valence-corrected chi connectivity index (χ2v) is 4.98. The van der Waals surface area contributed by atoms with Crippen molar-refractivity contribution in [2.24, 2.45) is 0 Å². The van der Waals surface area contributed by atoms with Crippen molar-refractivity contribution in [2.45, 2.75) is 19.3 Å². The number of unbranched alkanes of at least 4 members (excludes halogenated alkanes) is 1. The number of nitrogens with zero attached hydrogens (tertiary/aromatic N) is 1. The van der Waals surface area contributed by atoms with E-state index >= 15 is 0 Å². The van der Waals surface area contributed by atoms with E-state index in [-0.39, 0.29) is 0 Å². The van der Waals surface area contributed by atoms with Crippen LogP contribution in [0.4, 0.5) is 0 Å². The second kappa shape index (κ2) is 7.61. The zero-order valence-corrected chi connectivity index (χ0v) is 11.6. The van der Waals surface area contributed by atoms with E-state index in [1.54, 1.807) is 6.07 Å². The maximum Gasteiger partial charge on any atom is 0.0596 e. The highest BCUT2D eigenvalue weighted by Crippen LogP contribution is 2.22. The maximum absolute atomic E-state index is 6.10. The minimum atomic E-state index is 0.688. The summed E-state index contributed by atoms with van der Waals surface area (Å²) in [7, 11) is 2.04. The molecule has 0 aliphatic heterocycles. The Morgan fingerprint density at radius 3 is 2.71 bits per heavy atom. The van der Waals surface area contributed by atoms with Crippen molar-refractivity contribution in [3.8, 4) is 12.3 Å². The highest BCUT2D eigenvalue weighted by molar-refractivity contribution is 6.35. The zero-order chi connectivity index (χ0) is 12.7. The van der Waals surface area contributed by atoms with E-state index in [4.69, 9.17) is 29.6 Å². The Bertz CT molecular complexity index is 396. The molecule has 0 heterocycles. The first-order chi connectivity index (χ1) is 8.13. The summed E-state index contributed by atoms with van der Waals surface area (Å²) in [6.45, 7) is 1.73. The van der Waals surface area contributed by atoms with E-state index in [1.807, 2.05) is 19.2 Å². The average Bonchev–Trinajstić information content (AvgIpc) is 2.27. The van der Waals surface area contributed by atoms with Crippen molar-refractivity contribution >= 4 is 23.2 Å². The van der Waals surface area contributed by atoms with E-state index in [9.17, 15) is 0 Å². The van der Waals surface area contributed by atoms with Gasteiger partial charge in [0.2, 0.25) is 0 Å². The van der Waals surface area contributed by atoms with Crippen LogP contribution in [0.15, 0.2) is 18.2 Å². The molecule has 0 fully saturated rings. The van der Waals surface area contributed by atoms with Gasteiger partial charge in [0.05, 0.1) is 6.54 Å². The van der Waals surface area contributed by atoms with Gasteiger partial charge in [-0.05, 0) is 50.6 Å². The molecule has 0 aromatic heterocycles. The molecule has 0 bridgehead atoms. The number of hydrogen-bond donors (Lipinski definition) is 0. The number of aryl methyl sites for hydroxylation is 1. The SMILES string of the molecule is C#CCN(C)CCCCc1ccc(Cl)cc1Cl. The first-order valence-electron chi connectivity index (χ1n) is 5.69. The molecule has 0 saturated carbocycles. The topological polar surface area (TPSA) is 3.24 Å². The molecular weight excluding hydrogens is 253 g/mol. The fourth-order valence-electron chi connectivity index (χ4n) is 1.66. The molecule has 0 saturated heterocycles. The molecule has 1 nitrogen and oxygen atoms in total. The van der Waals surface area contributed by atoms with Gasteiger partial charge in [0.1, 0.15) is 0 Å². The van der Waals surface area contributed by atoms with Gasteiger partial charge in [-0.1, -0.05) is 35.2 Å². The van der Waals surface area contributed by atoms with Crippen molar-refractivity contribution in [3.63, 3.8) is 0 Å². The summed E-state index contributed by atoms with van der Waals surface area (Å²) < 4.78 is 0. The molecule has 17 heavy (non-hydrogen) atoms. The molecular formula is C14H17Cl2N. The molecule has 1 aromatic carbocycles. The van der Waals surface area contributed by atoms with E-state index < -0.39 is 0 Å². The summed E-state index contributed by atoms with van der Waals surface area (Å²) in [5.41, 5.74) is 1.16. The third-order valence-electron chi connectivity index (χ3n) is 2.61. The van der Waals surface area contributed by atoms with Gasteiger partial charge >= 0.3 is 0 Å². The van der Waals surface area contributed by atoms with Crippen molar-refractivity contribution in [1.82, 2.24) is 4.90 Å². The van der Waals surface area contributed by atoms with Crippen LogP contribution in [-0.2, 0) is 6.42 Å². The number of hydrogen-bond acceptors (Lipinski definition) is 1. The summed E-state index contributed by atoms with van der Waals surface area (Å²) in [4.78, 5) is 2.14. The fourth-order valence-corrected chi connectivity index (χ4v) is 2.16. The van der Waals surface area contributed by atoms with Gasteiger partial charge < -0.3 is 0 Å². The molecule has 0 atom stereocenters. The van der Waals surface area contributed by atoms with Crippen LogP contribution in [0.2, 0.25) is 10.0 Å². The number of terminal acetylenes is 1. The van der Waals surface area contributed by atoms with E-state index in [1.165, 1.54) is 0 Å². The Labute approximate surface area is 114 Å². The molecule has 0 radical (unpaired) electrons. The number of halogens is 2. The maximum atomic E-state index is 6.10. The molecule has 1 aromatic rings. The predicted molar refractivity (Wildman–Crippen MR) is 75.7 cm³/mol. The summed E-state index contributed by atoms with van der Waals surface area (Å²) in [5.74, 6) is 2.63. The highest BCUT2D eigenvalue weighted by Gasteiger charge is 2.02. The van der Waals surface area contributed by atoms with Gasteiger partial charge in [0, 0.05) is 10.0 Å². The van der Waals surface area contributed by atoms with Crippen LogP contribution in [-0.4, -0.2) is 25.0 Å². The lowest BCUT2D eigenvalue weighted by molar-refractivity contribution is 0.364. The summed E-state index contributed by atoms with van der Waals surface area (Å²) in [6.07, 6.45) is 8.45. The first kappa shape index (κ1) is 14.4. The quantitative estimate of drug-likeness (QED) is 0.560. The van der Waals surface area contributed by atoms with Crippen molar-refractivity contribution < 1.29 is 0 Å². The summed E-state index contributed by atoms with van der Waals surface area (Å²) in [6, 6.07) is 5.67. The van der Waals surface area contributed by atoms with Gasteiger partial charge in [-0.3, -0.25) is 4.90 Å². The van der Waals surface area contributed by atoms with Crippen LogP contribution in [0, 0.1) is 12.3 Å². The Kier molecular flexibility index (Phi) is 6.44. The highest BCUT2D eigenvalue weighted by atomic mass is 35.5. The first-order valence-corrected chi connectivity index (χ1v) is 6.45. The lowest BCUT2D eigenvalue weighted by Gasteiger charge is -2.12. The molecule has 1 rings (SSSR count). The molecule has 3 heteroatoms. The summed E-state index contributed by atoms with van der Waals surface area (Å²) in [5, 5.41) is 1.45. The Morgan fingerprint density at radius 2 is 2.06 bits per heavy atom. The third-order valence-corrected chi connectivity index (χ3v) is 3.20. The molecule has 0 unspecified atom stereocenters. The molecule has 0 aliphatic rings. The van der Waals surface area contributed by atoms with Gasteiger partial charge in [-0.2, -0.15) is 0 Å². The molecule has 0 spiro atoms. The lowest BCUT2D eigenvalue weighted by atomic mass is 10.1. The zero-order valence-electron chi connectivity index (χ0n) is 10.0. The normalized spacial score (nSPS) is 10.5. The minimum Gasteiger partial charge on any atom is -0.295 e. The predicted octanol–water partition coefficient (Wildman–Crippen LogP) is 3.88. The minimum absolute atomic E-state index is 0.688. The van der Waals surface area contributed by atoms with Crippen LogP contribution < -0.4 is 0 Å². The third kappa shape index (κ3) is 5.46. The average molecular weight is 270 g/mol. The molecule has 0 aliphatic carbocycles. The van der Waals surface area contributed by atoms with Crippen LogP contribution in [0.25, 0.3) is 0 Å². The van der Waals surface area contributed by atoms with E-state index in [0.717, 1.165) is 36.4 Å². The van der Waals surface area contributed by atoms with Gasteiger partial charge in [0.25, 0.3) is 0 Å². The van der Waals surface area contributed by atoms with Crippen LogP contribution >= 0.6 is 23.2 Å². The second-order valence-electron chi connectivity index (χ2n) is 4.13. The fraction of sp³-hybridized carbons (Fsp3) is 0.429. The number of benzene rings is 1. The Hall–Kier alpha value is -0.680. The van der Waals surface area contributed by atoms with Crippen molar-refractivity contribution in [2.75, 3.05) is 20.1 Å². The Morgan fingerprint density at radius 1 is 1.29 bits per heavy atom. The van der Waals surface area contributed by atoms with Gasteiger partial charge in [-0.25, -0.2) is 0 Å². The number of rotatable bonds is 6. The van der Waals surface area contributed by atoms with E-state index in [2.05, 4.69) is 10.8 Å². The van der Waals surface area contributed by atoms with Crippen molar-refractivity contribution in [1.29, 1.82) is 0 Å². The Balaban J connectivity index is 2.29. The lowest BCUT2D eigenvalue weighted by Crippen LogP contribution is -2.19.